The molecule has 0 aliphatic rings. The van der Waals surface area contributed by atoms with Gasteiger partial charge in [0.1, 0.15) is 0 Å². The zero-order valence-electron chi connectivity index (χ0n) is 10.2. The average Bonchev–Trinajstić information content (AvgIpc) is 2.44. The van der Waals surface area contributed by atoms with Gasteiger partial charge in [0.05, 0.1) is 17.5 Å². The molecule has 0 aromatic carbocycles. The third-order valence-electron chi connectivity index (χ3n) is 2.64. The molecule has 0 saturated carbocycles. The van der Waals surface area contributed by atoms with E-state index in [-0.39, 0.29) is 6.10 Å². The van der Waals surface area contributed by atoms with Crippen molar-refractivity contribution >= 4 is 0 Å². The molecule has 0 amide bonds. The largest absolute Gasteiger partial charge is 0.387 e. The summed E-state index contributed by atoms with van der Waals surface area (Å²) >= 11 is 0. The lowest BCUT2D eigenvalue weighted by Gasteiger charge is -2.11. The molecule has 0 aliphatic carbocycles. The normalized spacial score (nSPS) is 13.5. The van der Waals surface area contributed by atoms with Crippen molar-refractivity contribution < 1.29 is 5.11 Å². The summed E-state index contributed by atoms with van der Waals surface area (Å²) in [5.74, 6) is 0.713. The van der Waals surface area contributed by atoms with Gasteiger partial charge in [0, 0.05) is 7.05 Å². The van der Waals surface area contributed by atoms with Gasteiger partial charge in [-0.15, -0.1) is 0 Å². The molecule has 0 bridgehead atoms. The second-order valence-corrected chi connectivity index (χ2v) is 4.67. The first-order chi connectivity index (χ1) is 7.00. The Labute approximate surface area is 92.1 Å². The zero-order chi connectivity index (χ0) is 11.4. The first-order valence-corrected chi connectivity index (χ1v) is 5.69. The second-order valence-electron chi connectivity index (χ2n) is 4.67. The van der Waals surface area contributed by atoms with Crippen LogP contribution in [0.25, 0.3) is 0 Å². The van der Waals surface area contributed by atoms with Crippen LogP contribution in [0.3, 0.4) is 0 Å². The Kier molecular flexibility index (Phi) is 4.33. The van der Waals surface area contributed by atoms with Gasteiger partial charge in [-0.2, -0.15) is 5.10 Å². The van der Waals surface area contributed by atoms with Crippen LogP contribution in [0, 0.1) is 12.8 Å². The van der Waals surface area contributed by atoms with Gasteiger partial charge < -0.3 is 5.11 Å². The van der Waals surface area contributed by atoms with E-state index in [9.17, 15) is 5.11 Å². The van der Waals surface area contributed by atoms with Crippen molar-refractivity contribution in [2.45, 2.75) is 46.1 Å². The topological polar surface area (TPSA) is 38.0 Å². The highest BCUT2D eigenvalue weighted by Gasteiger charge is 2.12. The van der Waals surface area contributed by atoms with Gasteiger partial charge in [0.25, 0.3) is 0 Å². The van der Waals surface area contributed by atoms with Crippen LogP contribution < -0.4 is 0 Å². The fourth-order valence-corrected chi connectivity index (χ4v) is 1.81. The number of aliphatic hydroxyl groups is 1. The molecule has 0 spiro atoms. The Morgan fingerprint density at radius 2 is 2.07 bits per heavy atom. The van der Waals surface area contributed by atoms with E-state index in [1.54, 1.807) is 4.68 Å². The van der Waals surface area contributed by atoms with E-state index < -0.39 is 0 Å². The second kappa shape index (κ2) is 5.31. The lowest BCUT2D eigenvalue weighted by Crippen LogP contribution is -2.05. The number of hydrogen-bond acceptors (Lipinski definition) is 2. The van der Waals surface area contributed by atoms with Crippen molar-refractivity contribution in [2.75, 3.05) is 0 Å². The molecule has 3 heteroatoms. The van der Waals surface area contributed by atoms with Crippen LogP contribution >= 0.6 is 0 Å². The summed E-state index contributed by atoms with van der Waals surface area (Å²) in [6.07, 6.45) is 2.71. The Bertz CT molecular complexity index is 305. The molecule has 1 N–H and O–H groups in total. The van der Waals surface area contributed by atoms with Crippen LogP contribution in [0.5, 0.6) is 0 Å². The molecule has 15 heavy (non-hydrogen) atoms. The standard InChI is InChI=1S/C12H22N2O/c1-9(2)6-5-7-12(15)11-8-10(3)13-14(11)4/h8-9,12,15H,5-7H2,1-4H3. The first-order valence-electron chi connectivity index (χ1n) is 5.69. The van der Waals surface area contributed by atoms with E-state index in [0.717, 1.165) is 24.2 Å². The highest BCUT2D eigenvalue weighted by molar-refractivity contribution is 5.11. The molecule has 86 valence electrons. The van der Waals surface area contributed by atoms with Crippen LogP contribution in [0.4, 0.5) is 0 Å². The van der Waals surface area contributed by atoms with Gasteiger partial charge in [-0.25, -0.2) is 0 Å². The summed E-state index contributed by atoms with van der Waals surface area (Å²) < 4.78 is 1.77. The van der Waals surface area contributed by atoms with Gasteiger partial charge in [0.2, 0.25) is 0 Å². The first kappa shape index (κ1) is 12.2. The SMILES string of the molecule is Cc1cc(C(O)CCCC(C)C)n(C)n1. The highest BCUT2D eigenvalue weighted by Crippen LogP contribution is 2.20. The van der Waals surface area contributed by atoms with Crippen molar-refractivity contribution in [3.05, 3.63) is 17.5 Å². The molecule has 1 atom stereocenters. The smallest absolute Gasteiger partial charge is 0.0956 e. The fraction of sp³-hybridized carbons (Fsp3) is 0.750. The quantitative estimate of drug-likeness (QED) is 0.811. The van der Waals surface area contributed by atoms with Gasteiger partial charge in [-0.3, -0.25) is 4.68 Å². The van der Waals surface area contributed by atoms with E-state index in [1.165, 1.54) is 6.42 Å². The fourth-order valence-electron chi connectivity index (χ4n) is 1.81. The van der Waals surface area contributed by atoms with Crippen LogP contribution in [-0.4, -0.2) is 14.9 Å². The maximum absolute atomic E-state index is 9.97. The van der Waals surface area contributed by atoms with Crippen LogP contribution in [0.15, 0.2) is 6.07 Å². The molecule has 1 heterocycles. The van der Waals surface area contributed by atoms with E-state index in [4.69, 9.17) is 0 Å². The Morgan fingerprint density at radius 3 is 2.53 bits per heavy atom. The van der Waals surface area contributed by atoms with Gasteiger partial charge >= 0.3 is 0 Å². The lowest BCUT2D eigenvalue weighted by molar-refractivity contribution is 0.152. The Hall–Kier alpha value is -0.830. The zero-order valence-corrected chi connectivity index (χ0v) is 10.2. The summed E-state index contributed by atoms with van der Waals surface area (Å²) in [5, 5.41) is 14.2. The minimum absolute atomic E-state index is 0.366. The number of aryl methyl sites for hydroxylation is 2. The number of hydrogen-bond donors (Lipinski definition) is 1. The van der Waals surface area contributed by atoms with Crippen molar-refractivity contribution in [1.82, 2.24) is 9.78 Å². The molecule has 0 radical (unpaired) electrons. The molecule has 1 rings (SSSR count). The molecule has 1 aromatic rings. The van der Waals surface area contributed by atoms with Crippen LogP contribution in [-0.2, 0) is 7.05 Å². The Balaban J connectivity index is 2.46. The van der Waals surface area contributed by atoms with E-state index in [1.807, 2.05) is 20.0 Å². The highest BCUT2D eigenvalue weighted by atomic mass is 16.3. The van der Waals surface area contributed by atoms with E-state index >= 15 is 0 Å². The monoisotopic (exact) mass is 210 g/mol. The number of rotatable bonds is 5. The Morgan fingerprint density at radius 1 is 1.40 bits per heavy atom. The van der Waals surface area contributed by atoms with E-state index in [0.29, 0.717) is 5.92 Å². The average molecular weight is 210 g/mol. The van der Waals surface area contributed by atoms with Crippen molar-refractivity contribution in [2.24, 2.45) is 13.0 Å². The van der Waals surface area contributed by atoms with Gasteiger partial charge in [0.15, 0.2) is 0 Å². The van der Waals surface area contributed by atoms with Crippen LogP contribution in [0.1, 0.15) is 50.6 Å². The lowest BCUT2D eigenvalue weighted by atomic mass is 10.0. The molecule has 0 aliphatic heterocycles. The predicted octanol–water partition coefficient (Wildman–Crippen LogP) is 2.59. The minimum Gasteiger partial charge on any atom is -0.387 e. The molecule has 1 aromatic heterocycles. The molecular formula is C12H22N2O. The summed E-state index contributed by atoms with van der Waals surface area (Å²) in [7, 11) is 1.88. The molecule has 3 nitrogen and oxygen atoms in total. The summed E-state index contributed by atoms with van der Waals surface area (Å²) in [6.45, 7) is 6.37. The summed E-state index contributed by atoms with van der Waals surface area (Å²) in [6, 6.07) is 1.96. The summed E-state index contributed by atoms with van der Waals surface area (Å²) in [5.41, 5.74) is 1.90. The third-order valence-corrected chi connectivity index (χ3v) is 2.64. The van der Waals surface area contributed by atoms with Crippen molar-refractivity contribution in [3.63, 3.8) is 0 Å². The molecule has 0 fully saturated rings. The number of nitrogens with zero attached hydrogens (tertiary/aromatic N) is 2. The molecular weight excluding hydrogens is 188 g/mol. The third kappa shape index (κ3) is 3.67. The maximum atomic E-state index is 9.97. The van der Waals surface area contributed by atoms with Gasteiger partial charge in [-0.1, -0.05) is 26.7 Å². The number of aromatic nitrogens is 2. The summed E-state index contributed by atoms with van der Waals surface area (Å²) in [4.78, 5) is 0. The number of aliphatic hydroxyl groups excluding tert-OH is 1. The maximum Gasteiger partial charge on any atom is 0.0956 e. The molecule has 1 unspecified atom stereocenters. The van der Waals surface area contributed by atoms with Crippen molar-refractivity contribution in [1.29, 1.82) is 0 Å². The van der Waals surface area contributed by atoms with Crippen LogP contribution in [0.2, 0.25) is 0 Å². The van der Waals surface area contributed by atoms with Gasteiger partial charge in [-0.05, 0) is 25.3 Å². The van der Waals surface area contributed by atoms with Crippen molar-refractivity contribution in [3.8, 4) is 0 Å². The van der Waals surface area contributed by atoms with E-state index in [2.05, 4.69) is 18.9 Å². The molecule has 0 saturated heterocycles. The minimum atomic E-state index is -0.366. The predicted molar refractivity (Wildman–Crippen MR) is 61.6 cm³/mol.